The van der Waals surface area contributed by atoms with Gasteiger partial charge in [-0.25, -0.2) is 8.42 Å². The molecule has 1 N–H and O–H groups in total. The van der Waals surface area contributed by atoms with Crippen LogP contribution in [0.2, 0.25) is 8.67 Å². The molecule has 3 heterocycles. The van der Waals surface area contributed by atoms with Crippen molar-refractivity contribution >= 4 is 50.5 Å². The van der Waals surface area contributed by atoms with E-state index >= 15 is 0 Å². The number of nitrogens with zero attached hydrogens (tertiary/aromatic N) is 4. The maximum absolute atomic E-state index is 12.8. The van der Waals surface area contributed by atoms with E-state index in [1.807, 2.05) is 0 Å². The molecule has 124 valence electrons. The highest BCUT2D eigenvalue weighted by Crippen LogP contribution is 2.37. The minimum absolute atomic E-state index is 0.0117. The second-order valence-electron chi connectivity index (χ2n) is 4.87. The number of carbonyl (C=O) groups is 1. The highest BCUT2D eigenvalue weighted by atomic mass is 35.5. The van der Waals surface area contributed by atoms with Gasteiger partial charge in [0.15, 0.2) is 0 Å². The molecule has 0 fully saturated rings. The fourth-order valence-corrected chi connectivity index (χ4v) is 6.02. The first-order valence-corrected chi connectivity index (χ1v) is 9.31. The smallest absolute Gasteiger partial charge is 0.323 e. The Balaban J connectivity index is 2.09. The summed E-state index contributed by atoms with van der Waals surface area (Å²) in [7, 11) is -4.13. The van der Waals surface area contributed by atoms with E-state index in [2.05, 4.69) is 10.2 Å². The number of sulfonamides is 1. The highest BCUT2D eigenvalue weighted by Gasteiger charge is 2.42. The van der Waals surface area contributed by atoms with Crippen LogP contribution in [0, 0.1) is 6.92 Å². The lowest BCUT2D eigenvalue weighted by atomic mass is 10.2. The van der Waals surface area contributed by atoms with Gasteiger partial charge in [-0.1, -0.05) is 23.2 Å². The Labute approximate surface area is 145 Å². The third-order valence-electron chi connectivity index (χ3n) is 3.51. The number of aromatic nitrogens is 3. The Hall–Kier alpha value is -1.20. The van der Waals surface area contributed by atoms with Gasteiger partial charge in [0.05, 0.1) is 17.4 Å². The quantitative estimate of drug-likeness (QED) is 0.844. The maximum atomic E-state index is 12.8. The lowest BCUT2D eigenvalue weighted by molar-refractivity contribution is -0.142. The number of hydrogen-bond donors (Lipinski definition) is 1. The Bertz CT molecular complexity index is 892. The van der Waals surface area contributed by atoms with Gasteiger partial charge in [0, 0.05) is 0 Å². The van der Waals surface area contributed by atoms with Crippen molar-refractivity contribution in [2.24, 2.45) is 0 Å². The van der Waals surface area contributed by atoms with E-state index < -0.39 is 22.0 Å². The average molecular weight is 397 g/mol. The van der Waals surface area contributed by atoms with Crippen LogP contribution in [-0.4, -0.2) is 44.6 Å². The van der Waals surface area contributed by atoms with Gasteiger partial charge in [-0.15, -0.1) is 21.5 Å². The molecule has 0 radical (unpaired) electrons. The molecule has 0 spiro atoms. The maximum Gasteiger partial charge on any atom is 0.323 e. The monoisotopic (exact) mass is 396 g/mol. The van der Waals surface area contributed by atoms with E-state index in [0.717, 1.165) is 15.6 Å². The van der Waals surface area contributed by atoms with Crippen LogP contribution >= 0.6 is 34.5 Å². The first-order valence-electron chi connectivity index (χ1n) is 6.30. The van der Waals surface area contributed by atoms with Crippen LogP contribution in [0.25, 0.3) is 0 Å². The van der Waals surface area contributed by atoms with Crippen molar-refractivity contribution in [1.82, 2.24) is 19.1 Å². The van der Waals surface area contributed by atoms with Crippen LogP contribution in [0.1, 0.15) is 11.6 Å². The molecule has 0 aliphatic carbocycles. The number of carboxylic acid groups (broad SMARTS) is 1. The summed E-state index contributed by atoms with van der Waals surface area (Å²) in [5, 5.41) is 17.2. The number of fused-ring (bicyclic) bond motifs is 1. The van der Waals surface area contributed by atoms with Crippen molar-refractivity contribution in [2.45, 2.75) is 31.0 Å². The van der Waals surface area contributed by atoms with Crippen molar-refractivity contribution in [3.8, 4) is 0 Å². The van der Waals surface area contributed by atoms with Crippen LogP contribution in [0.15, 0.2) is 11.0 Å². The second-order valence-corrected chi connectivity index (χ2v) is 9.01. The van der Waals surface area contributed by atoms with Crippen molar-refractivity contribution in [3.63, 3.8) is 0 Å². The Morgan fingerprint density at radius 3 is 2.70 bits per heavy atom. The van der Waals surface area contributed by atoms with E-state index in [9.17, 15) is 18.3 Å². The van der Waals surface area contributed by atoms with Crippen molar-refractivity contribution in [1.29, 1.82) is 0 Å². The van der Waals surface area contributed by atoms with Crippen LogP contribution in [0.3, 0.4) is 0 Å². The lowest BCUT2D eigenvalue weighted by Crippen LogP contribution is -2.50. The molecule has 2 aromatic heterocycles. The summed E-state index contributed by atoms with van der Waals surface area (Å²) < 4.78 is 28.3. The fraction of sp³-hybridized carbons (Fsp3) is 0.364. The summed E-state index contributed by atoms with van der Waals surface area (Å²) in [6.07, 6.45) is 0. The molecule has 2 aromatic rings. The number of rotatable bonds is 3. The molecular formula is C11H10Cl2N4O4S2. The van der Waals surface area contributed by atoms with Gasteiger partial charge in [-0.2, -0.15) is 4.31 Å². The summed E-state index contributed by atoms with van der Waals surface area (Å²) in [5.74, 6) is -0.356. The normalized spacial score (nSPS) is 18.8. The number of aliphatic carboxylic acids is 1. The van der Waals surface area contributed by atoms with Crippen molar-refractivity contribution in [3.05, 3.63) is 26.4 Å². The van der Waals surface area contributed by atoms with Crippen molar-refractivity contribution < 1.29 is 18.3 Å². The fourth-order valence-electron chi connectivity index (χ4n) is 2.37. The topological polar surface area (TPSA) is 105 Å². The predicted octanol–water partition coefficient (Wildman–Crippen LogP) is 1.61. The first-order chi connectivity index (χ1) is 10.7. The van der Waals surface area contributed by atoms with Gasteiger partial charge in [0.2, 0.25) is 10.0 Å². The van der Waals surface area contributed by atoms with E-state index in [1.165, 1.54) is 6.07 Å². The minimum Gasteiger partial charge on any atom is -0.480 e. The second kappa shape index (κ2) is 5.71. The van der Waals surface area contributed by atoms with Gasteiger partial charge in [-0.3, -0.25) is 4.79 Å². The predicted molar refractivity (Wildman–Crippen MR) is 83.3 cm³/mol. The van der Waals surface area contributed by atoms with E-state index in [4.69, 9.17) is 23.2 Å². The van der Waals surface area contributed by atoms with Gasteiger partial charge in [-0.05, 0) is 13.0 Å². The highest BCUT2D eigenvalue weighted by molar-refractivity contribution is 7.89. The number of carboxylic acids is 1. The third kappa shape index (κ3) is 2.74. The Morgan fingerprint density at radius 1 is 1.43 bits per heavy atom. The van der Waals surface area contributed by atoms with Gasteiger partial charge >= 0.3 is 5.97 Å². The van der Waals surface area contributed by atoms with Gasteiger partial charge in [0.25, 0.3) is 0 Å². The molecule has 1 aliphatic rings. The molecule has 0 aromatic carbocycles. The van der Waals surface area contributed by atoms with E-state index in [-0.39, 0.29) is 26.7 Å². The standard InChI is InChI=1S/C11H10Cl2N4O4S2/c1-5-14-15-9-4-17(6(11(18)19)3-16(5)9)23(20,21)7-2-8(12)22-10(7)13/h2,6H,3-4H2,1H3,(H,18,19). The SMILES string of the molecule is Cc1nnc2n1CC(C(=O)O)N(S(=O)(=O)c1cc(Cl)sc1Cl)C2. The van der Waals surface area contributed by atoms with E-state index in [1.54, 1.807) is 11.5 Å². The number of thiophene rings is 1. The van der Waals surface area contributed by atoms with Crippen LogP contribution in [0.5, 0.6) is 0 Å². The molecule has 1 aliphatic heterocycles. The zero-order valence-corrected chi connectivity index (χ0v) is 14.7. The summed E-state index contributed by atoms with van der Waals surface area (Å²) in [6.45, 7) is 1.40. The number of halogens is 2. The average Bonchev–Trinajstić information content (AvgIpc) is 3.00. The van der Waals surface area contributed by atoms with Crippen molar-refractivity contribution in [2.75, 3.05) is 0 Å². The Kier molecular flexibility index (Phi) is 4.13. The van der Waals surface area contributed by atoms with Crippen LogP contribution in [0.4, 0.5) is 0 Å². The summed E-state index contributed by atoms with van der Waals surface area (Å²) in [6, 6.07) is -0.0650. The molecule has 0 saturated carbocycles. The zero-order valence-electron chi connectivity index (χ0n) is 11.6. The summed E-state index contributed by atoms with van der Waals surface area (Å²) >= 11 is 12.6. The molecule has 8 nitrogen and oxygen atoms in total. The van der Waals surface area contributed by atoms with Crippen LogP contribution < -0.4 is 0 Å². The Morgan fingerprint density at radius 2 is 2.13 bits per heavy atom. The lowest BCUT2D eigenvalue weighted by Gasteiger charge is -2.32. The molecule has 0 bridgehead atoms. The van der Waals surface area contributed by atoms with E-state index in [0.29, 0.717) is 11.6 Å². The molecule has 12 heteroatoms. The van der Waals surface area contributed by atoms with Gasteiger partial charge < -0.3 is 9.67 Å². The van der Waals surface area contributed by atoms with Gasteiger partial charge in [0.1, 0.15) is 26.9 Å². The molecule has 0 amide bonds. The molecule has 3 rings (SSSR count). The number of aryl methyl sites for hydroxylation is 1. The molecule has 0 saturated heterocycles. The first kappa shape index (κ1) is 16.7. The summed E-state index contributed by atoms with van der Waals surface area (Å²) in [4.78, 5) is 11.4. The molecule has 1 atom stereocenters. The van der Waals surface area contributed by atoms with Crippen LogP contribution in [-0.2, 0) is 27.9 Å². The summed E-state index contributed by atoms with van der Waals surface area (Å²) in [5.41, 5.74) is 0. The molecule has 23 heavy (non-hydrogen) atoms. The largest absolute Gasteiger partial charge is 0.480 e. The third-order valence-corrected chi connectivity index (χ3v) is 7.12. The minimum atomic E-state index is -4.13. The number of hydrogen-bond acceptors (Lipinski definition) is 6. The molecule has 1 unspecified atom stereocenters. The molecular weight excluding hydrogens is 387 g/mol. The zero-order chi connectivity index (χ0) is 16.9.